The Kier molecular flexibility index (Phi) is 7.53. The molecule has 3 nitrogen and oxygen atoms in total. The van der Waals surface area contributed by atoms with E-state index in [2.05, 4.69) is 43.2 Å². The van der Waals surface area contributed by atoms with Crippen LogP contribution in [0.1, 0.15) is 32.3 Å². The summed E-state index contributed by atoms with van der Waals surface area (Å²) in [5.74, 6) is 0.994. The maximum Gasteiger partial charge on any atom is 0.123 e. The molecule has 0 amide bonds. The van der Waals surface area contributed by atoms with Crippen molar-refractivity contribution >= 4 is 0 Å². The van der Waals surface area contributed by atoms with Crippen molar-refractivity contribution in [1.82, 2.24) is 10.2 Å². The predicted molar refractivity (Wildman–Crippen MR) is 81.7 cm³/mol. The highest BCUT2D eigenvalue weighted by Gasteiger charge is 2.08. The van der Waals surface area contributed by atoms with Gasteiger partial charge in [-0.2, -0.15) is 0 Å². The van der Waals surface area contributed by atoms with Crippen molar-refractivity contribution in [2.45, 2.75) is 39.3 Å². The number of para-hydroxylation sites is 1. The third kappa shape index (κ3) is 5.62. The summed E-state index contributed by atoms with van der Waals surface area (Å²) in [6.07, 6.45) is 2.48. The molecule has 0 spiro atoms. The second kappa shape index (κ2) is 8.94. The fourth-order valence-corrected chi connectivity index (χ4v) is 2.14. The Bertz CT molecular complexity index is 354. The molecule has 1 atom stereocenters. The third-order valence-electron chi connectivity index (χ3n) is 3.50. The largest absolute Gasteiger partial charge is 0.492 e. The number of rotatable bonds is 9. The molecule has 108 valence electrons. The molecule has 0 fully saturated rings. The molecule has 1 rings (SSSR count). The molecule has 0 saturated heterocycles. The van der Waals surface area contributed by atoms with Gasteiger partial charge in [0.25, 0.3) is 0 Å². The second-order valence-electron chi connectivity index (χ2n) is 5.10. The monoisotopic (exact) mass is 264 g/mol. The van der Waals surface area contributed by atoms with Gasteiger partial charge in [0, 0.05) is 24.7 Å². The van der Waals surface area contributed by atoms with E-state index < -0.39 is 0 Å². The Morgan fingerprint density at radius 2 is 2.05 bits per heavy atom. The first-order valence-corrected chi connectivity index (χ1v) is 7.24. The van der Waals surface area contributed by atoms with Gasteiger partial charge in [0.2, 0.25) is 0 Å². The van der Waals surface area contributed by atoms with Crippen LogP contribution in [0.4, 0.5) is 0 Å². The van der Waals surface area contributed by atoms with Crippen molar-refractivity contribution in [2.24, 2.45) is 0 Å². The van der Waals surface area contributed by atoms with E-state index in [0.29, 0.717) is 6.04 Å². The number of hydrogen-bond acceptors (Lipinski definition) is 3. The first-order valence-electron chi connectivity index (χ1n) is 7.24. The molecule has 0 aliphatic carbocycles. The van der Waals surface area contributed by atoms with E-state index in [1.807, 2.05) is 19.2 Å². The highest BCUT2D eigenvalue weighted by Crippen LogP contribution is 2.17. The fraction of sp³-hybridized carbons (Fsp3) is 0.625. The minimum atomic E-state index is 0.626. The minimum absolute atomic E-state index is 0.626. The molecule has 1 N–H and O–H groups in total. The zero-order chi connectivity index (χ0) is 14.1. The number of likely N-dealkylation sites (N-methyl/N-ethyl adjacent to an activating group) is 1. The van der Waals surface area contributed by atoms with E-state index >= 15 is 0 Å². The molecule has 0 bridgehead atoms. The first-order chi connectivity index (χ1) is 9.19. The Morgan fingerprint density at radius 3 is 2.74 bits per heavy atom. The van der Waals surface area contributed by atoms with Crippen LogP contribution in [0.3, 0.4) is 0 Å². The maximum absolute atomic E-state index is 5.91. The van der Waals surface area contributed by atoms with Gasteiger partial charge in [0.15, 0.2) is 0 Å². The first kappa shape index (κ1) is 16.0. The van der Waals surface area contributed by atoms with Crippen molar-refractivity contribution in [2.75, 3.05) is 27.2 Å². The average molecular weight is 264 g/mol. The van der Waals surface area contributed by atoms with Crippen molar-refractivity contribution in [3.05, 3.63) is 29.8 Å². The molecule has 1 unspecified atom stereocenters. The lowest BCUT2D eigenvalue weighted by Crippen LogP contribution is -2.32. The smallest absolute Gasteiger partial charge is 0.123 e. The molecule has 0 aliphatic heterocycles. The molecule has 1 aromatic rings. The van der Waals surface area contributed by atoms with E-state index in [1.54, 1.807) is 0 Å². The van der Waals surface area contributed by atoms with E-state index in [1.165, 1.54) is 18.4 Å². The molecule has 0 heterocycles. The minimum Gasteiger partial charge on any atom is -0.492 e. The SMILES string of the molecule is CCCC(C)N(C)CCOc1ccccc1CNC. The normalized spacial score (nSPS) is 12.7. The van der Waals surface area contributed by atoms with Crippen LogP contribution in [-0.2, 0) is 6.54 Å². The van der Waals surface area contributed by atoms with Crippen LogP contribution in [0, 0.1) is 0 Å². The molecule has 0 saturated carbocycles. The van der Waals surface area contributed by atoms with Crippen LogP contribution in [-0.4, -0.2) is 38.2 Å². The zero-order valence-electron chi connectivity index (χ0n) is 12.8. The van der Waals surface area contributed by atoms with Gasteiger partial charge in [0.1, 0.15) is 12.4 Å². The highest BCUT2D eigenvalue weighted by molar-refractivity contribution is 5.33. The van der Waals surface area contributed by atoms with Crippen LogP contribution >= 0.6 is 0 Å². The van der Waals surface area contributed by atoms with Gasteiger partial charge in [-0.05, 0) is 33.5 Å². The summed E-state index contributed by atoms with van der Waals surface area (Å²) >= 11 is 0. The van der Waals surface area contributed by atoms with Crippen molar-refractivity contribution in [1.29, 1.82) is 0 Å². The van der Waals surface area contributed by atoms with Crippen LogP contribution < -0.4 is 10.1 Å². The van der Waals surface area contributed by atoms with Gasteiger partial charge < -0.3 is 15.0 Å². The van der Waals surface area contributed by atoms with E-state index in [4.69, 9.17) is 4.74 Å². The summed E-state index contributed by atoms with van der Waals surface area (Å²) in [6, 6.07) is 8.85. The number of nitrogens with zero attached hydrogens (tertiary/aromatic N) is 1. The van der Waals surface area contributed by atoms with Crippen molar-refractivity contribution in [3.63, 3.8) is 0 Å². The number of hydrogen-bond donors (Lipinski definition) is 1. The van der Waals surface area contributed by atoms with E-state index in [-0.39, 0.29) is 0 Å². The van der Waals surface area contributed by atoms with Crippen LogP contribution in [0.5, 0.6) is 5.75 Å². The molecular weight excluding hydrogens is 236 g/mol. The quantitative estimate of drug-likeness (QED) is 0.742. The van der Waals surface area contributed by atoms with Gasteiger partial charge in [0.05, 0.1) is 0 Å². The van der Waals surface area contributed by atoms with E-state index in [9.17, 15) is 0 Å². The summed E-state index contributed by atoms with van der Waals surface area (Å²) in [5.41, 5.74) is 1.22. The fourth-order valence-electron chi connectivity index (χ4n) is 2.14. The average Bonchev–Trinajstić information content (AvgIpc) is 2.41. The molecule has 3 heteroatoms. The molecule has 1 aromatic carbocycles. The number of benzene rings is 1. The molecule has 0 aromatic heterocycles. The zero-order valence-corrected chi connectivity index (χ0v) is 12.8. The highest BCUT2D eigenvalue weighted by atomic mass is 16.5. The van der Waals surface area contributed by atoms with Crippen LogP contribution in [0.15, 0.2) is 24.3 Å². The molecule has 0 aliphatic rings. The second-order valence-corrected chi connectivity index (χ2v) is 5.10. The Balaban J connectivity index is 2.40. The summed E-state index contributed by atoms with van der Waals surface area (Å²) in [6.45, 7) is 7.06. The van der Waals surface area contributed by atoms with Gasteiger partial charge in [-0.1, -0.05) is 31.5 Å². The van der Waals surface area contributed by atoms with Crippen molar-refractivity contribution in [3.8, 4) is 5.75 Å². The Morgan fingerprint density at radius 1 is 1.32 bits per heavy atom. The van der Waals surface area contributed by atoms with Gasteiger partial charge in [-0.15, -0.1) is 0 Å². The molecule has 0 radical (unpaired) electrons. The van der Waals surface area contributed by atoms with Crippen LogP contribution in [0.25, 0.3) is 0 Å². The predicted octanol–water partition coefficient (Wildman–Crippen LogP) is 2.91. The summed E-state index contributed by atoms with van der Waals surface area (Å²) in [5, 5.41) is 3.17. The Labute approximate surface area is 118 Å². The van der Waals surface area contributed by atoms with Gasteiger partial charge in [-0.25, -0.2) is 0 Å². The lowest BCUT2D eigenvalue weighted by Gasteiger charge is -2.24. The standard InChI is InChI=1S/C16H28N2O/c1-5-8-14(2)18(4)11-12-19-16-10-7-6-9-15(16)13-17-3/h6-7,9-10,14,17H,5,8,11-13H2,1-4H3. The molecular formula is C16H28N2O. The van der Waals surface area contributed by atoms with Gasteiger partial charge in [-0.3, -0.25) is 0 Å². The third-order valence-corrected chi connectivity index (χ3v) is 3.50. The maximum atomic E-state index is 5.91. The lowest BCUT2D eigenvalue weighted by molar-refractivity contribution is 0.192. The van der Waals surface area contributed by atoms with Crippen LogP contribution in [0.2, 0.25) is 0 Å². The number of ether oxygens (including phenoxy) is 1. The Hall–Kier alpha value is -1.06. The topological polar surface area (TPSA) is 24.5 Å². The summed E-state index contributed by atoms with van der Waals surface area (Å²) in [4.78, 5) is 2.37. The summed E-state index contributed by atoms with van der Waals surface area (Å²) in [7, 11) is 4.13. The van der Waals surface area contributed by atoms with Gasteiger partial charge >= 0.3 is 0 Å². The summed E-state index contributed by atoms with van der Waals surface area (Å²) < 4.78 is 5.91. The molecule has 19 heavy (non-hydrogen) atoms. The number of nitrogens with one attached hydrogen (secondary N) is 1. The van der Waals surface area contributed by atoms with E-state index in [0.717, 1.165) is 25.4 Å². The van der Waals surface area contributed by atoms with Crippen molar-refractivity contribution < 1.29 is 4.74 Å². The lowest BCUT2D eigenvalue weighted by atomic mass is 10.2.